The molecule has 2 heterocycles. The van der Waals surface area contributed by atoms with Gasteiger partial charge in [-0.25, -0.2) is 4.79 Å². The van der Waals surface area contributed by atoms with Gasteiger partial charge in [0.15, 0.2) is 0 Å². The number of non-ortho nitro benzene ring substituents is 1. The average Bonchev–Trinajstić information content (AvgIpc) is 3.24. The minimum absolute atomic E-state index is 0.00669. The molecule has 0 spiro atoms. The maximum absolute atomic E-state index is 12.8. The Labute approximate surface area is 189 Å². The average molecular weight is 452 g/mol. The molecule has 1 N–H and O–H groups in total. The number of fused-ring (bicyclic) bond motifs is 1. The van der Waals surface area contributed by atoms with Gasteiger partial charge in [0.2, 0.25) is 0 Å². The second kappa shape index (κ2) is 9.80. The number of methoxy groups -OCH3 is 1. The topological polar surface area (TPSA) is 116 Å². The summed E-state index contributed by atoms with van der Waals surface area (Å²) in [5, 5.41) is 14.9. The van der Waals surface area contributed by atoms with Crippen LogP contribution in [0.4, 0.5) is 11.4 Å². The summed E-state index contributed by atoms with van der Waals surface area (Å²) in [5.74, 6) is -1.32. The summed E-state index contributed by atoms with van der Waals surface area (Å²) < 4.78 is 12.2. The van der Waals surface area contributed by atoms with Crippen molar-refractivity contribution in [3.63, 3.8) is 0 Å². The second-order valence-corrected chi connectivity index (χ2v) is 7.71. The predicted octanol–water partition coefficient (Wildman–Crippen LogP) is 2.92. The van der Waals surface area contributed by atoms with Crippen molar-refractivity contribution >= 4 is 34.2 Å². The van der Waals surface area contributed by atoms with Crippen molar-refractivity contribution in [3.8, 4) is 0 Å². The molecule has 1 amide bonds. The van der Waals surface area contributed by atoms with Gasteiger partial charge in [-0.1, -0.05) is 0 Å². The predicted molar refractivity (Wildman–Crippen MR) is 122 cm³/mol. The highest BCUT2D eigenvalue weighted by Crippen LogP contribution is 2.23. The van der Waals surface area contributed by atoms with Gasteiger partial charge >= 0.3 is 5.97 Å². The highest BCUT2D eigenvalue weighted by molar-refractivity contribution is 6.07. The Balaban J connectivity index is 1.49. The fourth-order valence-corrected chi connectivity index (χ4v) is 3.83. The van der Waals surface area contributed by atoms with Crippen molar-refractivity contribution in [2.24, 2.45) is 0 Å². The Morgan fingerprint density at radius 3 is 2.58 bits per heavy atom. The molecule has 2 aromatic carbocycles. The van der Waals surface area contributed by atoms with Crippen LogP contribution in [0.5, 0.6) is 0 Å². The maximum Gasteiger partial charge on any atom is 0.338 e. The number of nitrogens with one attached hydrogen (secondary N) is 1. The maximum atomic E-state index is 12.8. The van der Waals surface area contributed by atoms with E-state index in [4.69, 9.17) is 4.74 Å². The number of aromatic nitrogens is 1. The fourth-order valence-electron chi connectivity index (χ4n) is 3.83. The molecule has 0 unspecified atom stereocenters. The molecule has 1 aliphatic rings. The molecule has 0 aliphatic carbocycles. The highest BCUT2D eigenvalue weighted by Gasteiger charge is 2.19. The van der Waals surface area contributed by atoms with E-state index in [2.05, 4.69) is 19.5 Å². The first kappa shape index (κ1) is 22.4. The van der Waals surface area contributed by atoms with E-state index >= 15 is 0 Å². The summed E-state index contributed by atoms with van der Waals surface area (Å²) in [4.78, 5) is 37.5. The molecular weight excluding hydrogens is 428 g/mol. The van der Waals surface area contributed by atoms with E-state index in [1.165, 1.54) is 13.2 Å². The third-order valence-corrected chi connectivity index (χ3v) is 5.60. The van der Waals surface area contributed by atoms with Crippen LogP contribution < -0.4 is 5.32 Å². The van der Waals surface area contributed by atoms with Gasteiger partial charge in [0.05, 0.1) is 30.8 Å². The number of rotatable bonds is 7. The summed E-state index contributed by atoms with van der Waals surface area (Å²) >= 11 is 0. The smallest absolute Gasteiger partial charge is 0.338 e. The van der Waals surface area contributed by atoms with Crippen molar-refractivity contribution in [2.75, 3.05) is 45.3 Å². The summed E-state index contributed by atoms with van der Waals surface area (Å²) in [6, 6.07) is 11.0. The molecule has 3 aromatic rings. The Morgan fingerprint density at radius 1 is 1.09 bits per heavy atom. The number of benzene rings is 2. The van der Waals surface area contributed by atoms with Gasteiger partial charge in [-0.2, -0.15) is 0 Å². The number of amides is 1. The zero-order valence-corrected chi connectivity index (χ0v) is 18.2. The van der Waals surface area contributed by atoms with Gasteiger partial charge in [-0.15, -0.1) is 0 Å². The fraction of sp³-hybridized carbons (Fsp3) is 0.304. The number of nitro benzene ring substituents is 1. The number of hydrogen-bond acceptors (Lipinski definition) is 7. The number of nitrogens with zero attached hydrogens (tertiary/aromatic N) is 3. The summed E-state index contributed by atoms with van der Waals surface area (Å²) in [6.45, 7) is 5.18. The Kier molecular flexibility index (Phi) is 6.66. The van der Waals surface area contributed by atoms with E-state index in [-0.39, 0.29) is 16.8 Å². The third-order valence-electron chi connectivity index (χ3n) is 5.60. The number of anilines is 1. The molecule has 33 heavy (non-hydrogen) atoms. The molecule has 0 bridgehead atoms. The molecule has 0 saturated carbocycles. The second-order valence-electron chi connectivity index (χ2n) is 7.71. The van der Waals surface area contributed by atoms with E-state index < -0.39 is 16.8 Å². The van der Waals surface area contributed by atoms with Crippen LogP contribution in [-0.2, 0) is 16.0 Å². The number of morpholine rings is 1. The molecule has 1 aliphatic heterocycles. The van der Waals surface area contributed by atoms with Crippen LogP contribution in [0.2, 0.25) is 0 Å². The number of esters is 1. The van der Waals surface area contributed by atoms with Crippen molar-refractivity contribution in [1.82, 2.24) is 9.47 Å². The van der Waals surface area contributed by atoms with E-state index in [1.807, 2.05) is 24.4 Å². The lowest BCUT2D eigenvalue weighted by Gasteiger charge is -2.26. The minimum atomic E-state index is -0.757. The first-order valence-corrected chi connectivity index (χ1v) is 10.5. The molecule has 10 heteroatoms. The number of ether oxygens (including phenoxy) is 2. The molecule has 1 saturated heterocycles. The lowest BCUT2D eigenvalue weighted by atomic mass is 10.1. The summed E-state index contributed by atoms with van der Waals surface area (Å²) in [6.07, 6.45) is 2.01. The van der Waals surface area contributed by atoms with Crippen LogP contribution in [0, 0.1) is 10.1 Å². The molecule has 10 nitrogen and oxygen atoms in total. The lowest BCUT2D eigenvalue weighted by molar-refractivity contribution is -0.384. The van der Waals surface area contributed by atoms with Crippen molar-refractivity contribution in [1.29, 1.82) is 0 Å². The van der Waals surface area contributed by atoms with Crippen LogP contribution in [-0.4, -0.2) is 66.2 Å². The zero-order valence-electron chi connectivity index (χ0n) is 18.2. The zero-order chi connectivity index (χ0) is 23.4. The van der Waals surface area contributed by atoms with E-state index in [9.17, 15) is 19.7 Å². The van der Waals surface area contributed by atoms with E-state index in [1.54, 1.807) is 6.07 Å². The first-order valence-electron chi connectivity index (χ1n) is 10.5. The number of nitro groups is 1. The van der Waals surface area contributed by atoms with Gasteiger partial charge in [0.25, 0.3) is 11.6 Å². The van der Waals surface area contributed by atoms with Crippen molar-refractivity contribution in [2.45, 2.75) is 6.54 Å². The molecule has 0 radical (unpaired) electrons. The largest absolute Gasteiger partial charge is 0.465 e. The van der Waals surface area contributed by atoms with Gasteiger partial charge in [0.1, 0.15) is 0 Å². The van der Waals surface area contributed by atoms with Crippen LogP contribution >= 0.6 is 0 Å². The van der Waals surface area contributed by atoms with Crippen molar-refractivity contribution < 1.29 is 24.0 Å². The SMILES string of the molecule is COC(=O)c1cc(C(=O)Nc2ccc3c(ccn3CCN3CCOCC3)c2)cc([N+](=O)[O-])c1. The van der Waals surface area contributed by atoms with Gasteiger partial charge in [-0.3, -0.25) is 19.8 Å². The summed E-state index contributed by atoms with van der Waals surface area (Å²) in [7, 11) is 1.17. The number of carbonyl (C=O) groups is 2. The molecule has 1 aromatic heterocycles. The van der Waals surface area contributed by atoms with Crippen LogP contribution in [0.3, 0.4) is 0 Å². The van der Waals surface area contributed by atoms with Crippen molar-refractivity contribution in [3.05, 3.63) is 69.9 Å². The Bertz CT molecular complexity index is 1200. The molecule has 0 atom stereocenters. The van der Waals surface area contributed by atoms with Gasteiger partial charge in [0, 0.05) is 66.7 Å². The summed E-state index contributed by atoms with van der Waals surface area (Å²) in [5.41, 5.74) is 1.16. The van der Waals surface area contributed by atoms with Crippen LogP contribution in [0.15, 0.2) is 48.7 Å². The van der Waals surface area contributed by atoms with E-state index in [0.29, 0.717) is 5.69 Å². The number of carbonyl (C=O) groups excluding carboxylic acids is 2. The van der Waals surface area contributed by atoms with Crippen LogP contribution in [0.1, 0.15) is 20.7 Å². The first-order chi connectivity index (χ1) is 15.9. The lowest BCUT2D eigenvalue weighted by Crippen LogP contribution is -2.38. The number of hydrogen-bond donors (Lipinski definition) is 1. The van der Waals surface area contributed by atoms with Gasteiger partial charge < -0.3 is 19.4 Å². The molecule has 172 valence electrons. The van der Waals surface area contributed by atoms with E-state index in [0.717, 1.165) is 62.4 Å². The molecule has 1 fully saturated rings. The van der Waals surface area contributed by atoms with Crippen LogP contribution in [0.25, 0.3) is 10.9 Å². The normalized spacial score (nSPS) is 14.2. The monoisotopic (exact) mass is 452 g/mol. The third kappa shape index (κ3) is 5.18. The standard InChI is InChI=1S/C23H24N4O6/c1-32-23(29)18-12-17(14-20(15-18)27(30)31)22(28)24-19-2-3-21-16(13-19)4-5-26(21)7-6-25-8-10-33-11-9-25/h2-5,12-15H,6-11H2,1H3,(H,24,28). The Morgan fingerprint density at radius 2 is 1.85 bits per heavy atom. The Hall–Kier alpha value is -3.76. The highest BCUT2D eigenvalue weighted by atomic mass is 16.6. The minimum Gasteiger partial charge on any atom is -0.465 e. The van der Waals surface area contributed by atoms with Gasteiger partial charge in [-0.05, 0) is 30.3 Å². The molecule has 4 rings (SSSR count). The molecular formula is C23H24N4O6. The quantitative estimate of drug-likeness (QED) is 0.333.